The quantitative estimate of drug-likeness (QED) is 0.747. The zero-order valence-corrected chi connectivity index (χ0v) is 17.3. The molecule has 0 heterocycles. The number of methoxy groups -OCH3 is 1. The van der Waals surface area contributed by atoms with E-state index in [2.05, 4.69) is 45.0 Å². The van der Waals surface area contributed by atoms with Crippen LogP contribution in [0.3, 0.4) is 0 Å². The minimum Gasteiger partial charge on any atom is -0.496 e. The SMILES string of the molecule is CC.COc1ccc(C(C)(C)CO)cc1-c1cc2c(cc1C)CCCC2. The summed E-state index contributed by atoms with van der Waals surface area (Å²) < 4.78 is 5.64. The third-order valence-electron chi connectivity index (χ3n) is 5.36. The Labute approximate surface area is 159 Å². The van der Waals surface area contributed by atoms with Crippen LogP contribution < -0.4 is 4.74 Å². The fourth-order valence-electron chi connectivity index (χ4n) is 3.63. The van der Waals surface area contributed by atoms with Crippen LogP contribution in [-0.4, -0.2) is 18.8 Å². The molecule has 3 rings (SSSR count). The molecule has 0 radical (unpaired) electrons. The molecule has 0 saturated carbocycles. The fourth-order valence-corrected chi connectivity index (χ4v) is 3.63. The lowest BCUT2D eigenvalue weighted by Crippen LogP contribution is -2.22. The predicted molar refractivity (Wildman–Crippen MR) is 111 cm³/mol. The van der Waals surface area contributed by atoms with Crippen LogP contribution in [0.4, 0.5) is 0 Å². The molecule has 1 N–H and O–H groups in total. The lowest BCUT2D eigenvalue weighted by Gasteiger charge is -2.25. The number of benzene rings is 2. The number of ether oxygens (including phenoxy) is 1. The highest BCUT2D eigenvalue weighted by Gasteiger charge is 2.22. The Morgan fingerprint density at radius 1 is 0.962 bits per heavy atom. The molecule has 142 valence electrons. The molecule has 0 fully saturated rings. The van der Waals surface area contributed by atoms with Gasteiger partial charge in [-0.05, 0) is 72.6 Å². The van der Waals surface area contributed by atoms with Crippen LogP contribution in [0.25, 0.3) is 11.1 Å². The van der Waals surface area contributed by atoms with Crippen LogP contribution in [0.1, 0.15) is 62.8 Å². The Balaban J connectivity index is 0.00000117. The molecule has 0 aromatic heterocycles. The molecular weight excluding hydrogens is 320 g/mol. The first kappa shape index (κ1) is 20.5. The Morgan fingerprint density at radius 3 is 2.15 bits per heavy atom. The molecule has 0 amide bonds. The molecule has 0 unspecified atom stereocenters. The number of fused-ring (bicyclic) bond motifs is 1. The van der Waals surface area contributed by atoms with Gasteiger partial charge in [-0.3, -0.25) is 0 Å². The average Bonchev–Trinajstić information content (AvgIpc) is 2.68. The molecule has 26 heavy (non-hydrogen) atoms. The summed E-state index contributed by atoms with van der Waals surface area (Å²) in [6.45, 7) is 10.5. The predicted octanol–water partition coefficient (Wildman–Crippen LogP) is 5.85. The van der Waals surface area contributed by atoms with Gasteiger partial charge >= 0.3 is 0 Å². The van der Waals surface area contributed by atoms with E-state index in [9.17, 15) is 5.11 Å². The summed E-state index contributed by atoms with van der Waals surface area (Å²) in [5.74, 6) is 0.895. The summed E-state index contributed by atoms with van der Waals surface area (Å²) in [4.78, 5) is 0. The third kappa shape index (κ3) is 4.12. The minimum absolute atomic E-state index is 0.127. The maximum atomic E-state index is 9.72. The molecular formula is C24H34O2. The second kappa shape index (κ2) is 8.73. The van der Waals surface area contributed by atoms with E-state index >= 15 is 0 Å². The lowest BCUT2D eigenvalue weighted by molar-refractivity contribution is 0.218. The summed E-state index contributed by atoms with van der Waals surface area (Å²) in [6.07, 6.45) is 4.96. The number of hydrogen-bond acceptors (Lipinski definition) is 2. The van der Waals surface area contributed by atoms with E-state index in [1.807, 2.05) is 19.9 Å². The van der Waals surface area contributed by atoms with Gasteiger partial charge in [0.05, 0.1) is 13.7 Å². The van der Waals surface area contributed by atoms with Gasteiger partial charge in [0, 0.05) is 11.0 Å². The zero-order valence-electron chi connectivity index (χ0n) is 17.3. The van der Waals surface area contributed by atoms with E-state index < -0.39 is 0 Å². The van der Waals surface area contributed by atoms with Gasteiger partial charge in [0.25, 0.3) is 0 Å². The Morgan fingerprint density at radius 2 is 1.58 bits per heavy atom. The van der Waals surface area contributed by atoms with Crippen molar-refractivity contribution < 1.29 is 9.84 Å². The van der Waals surface area contributed by atoms with Crippen molar-refractivity contribution in [3.63, 3.8) is 0 Å². The highest BCUT2D eigenvalue weighted by atomic mass is 16.5. The molecule has 2 aromatic carbocycles. The average molecular weight is 355 g/mol. The largest absolute Gasteiger partial charge is 0.496 e. The topological polar surface area (TPSA) is 29.5 Å². The Bertz CT molecular complexity index is 744. The summed E-state index contributed by atoms with van der Waals surface area (Å²) in [7, 11) is 1.73. The molecule has 1 aliphatic rings. The molecule has 2 aromatic rings. The molecule has 0 atom stereocenters. The van der Waals surface area contributed by atoms with Crippen molar-refractivity contribution in [3.8, 4) is 16.9 Å². The Hall–Kier alpha value is -1.80. The second-order valence-corrected chi connectivity index (χ2v) is 7.60. The fraction of sp³-hybridized carbons (Fsp3) is 0.500. The van der Waals surface area contributed by atoms with Gasteiger partial charge in [0.1, 0.15) is 5.75 Å². The van der Waals surface area contributed by atoms with Gasteiger partial charge in [-0.15, -0.1) is 0 Å². The van der Waals surface area contributed by atoms with E-state index in [1.54, 1.807) is 7.11 Å². The van der Waals surface area contributed by atoms with Crippen LogP contribution in [0.5, 0.6) is 5.75 Å². The molecule has 0 bridgehead atoms. The van der Waals surface area contributed by atoms with Crippen molar-refractivity contribution in [1.82, 2.24) is 0 Å². The number of hydrogen-bond donors (Lipinski definition) is 1. The van der Waals surface area contributed by atoms with Crippen LogP contribution in [0.2, 0.25) is 0 Å². The highest BCUT2D eigenvalue weighted by molar-refractivity contribution is 5.75. The van der Waals surface area contributed by atoms with E-state index in [4.69, 9.17) is 4.74 Å². The van der Waals surface area contributed by atoms with Crippen molar-refractivity contribution >= 4 is 0 Å². The van der Waals surface area contributed by atoms with E-state index in [-0.39, 0.29) is 12.0 Å². The van der Waals surface area contributed by atoms with Crippen molar-refractivity contribution in [2.24, 2.45) is 0 Å². The molecule has 2 nitrogen and oxygen atoms in total. The lowest BCUT2D eigenvalue weighted by atomic mass is 9.82. The van der Waals surface area contributed by atoms with Crippen LogP contribution in [-0.2, 0) is 18.3 Å². The molecule has 0 saturated heterocycles. The van der Waals surface area contributed by atoms with Gasteiger partial charge in [-0.2, -0.15) is 0 Å². The smallest absolute Gasteiger partial charge is 0.126 e. The van der Waals surface area contributed by atoms with Gasteiger partial charge < -0.3 is 9.84 Å². The summed E-state index contributed by atoms with van der Waals surface area (Å²) in [5.41, 5.74) is 7.55. The number of aliphatic hydroxyl groups is 1. The molecule has 1 aliphatic carbocycles. The standard InChI is InChI=1S/C22H28O2.C2H6/c1-15-11-16-7-5-6-8-17(16)12-19(15)20-13-18(22(2,3)14-23)9-10-21(20)24-4;1-2/h9-13,23H,5-8,14H2,1-4H3;1-2H3. The van der Waals surface area contributed by atoms with Gasteiger partial charge in [0.15, 0.2) is 0 Å². The van der Waals surface area contributed by atoms with Gasteiger partial charge in [-0.25, -0.2) is 0 Å². The van der Waals surface area contributed by atoms with Gasteiger partial charge in [-0.1, -0.05) is 45.9 Å². The molecule has 2 heteroatoms. The van der Waals surface area contributed by atoms with Gasteiger partial charge in [0.2, 0.25) is 0 Å². The monoisotopic (exact) mass is 354 g/mol. The van der Waals surface area contributed by atoms with Crippen LogP contribution in [0, 0.1) is 6.92 Å². The maximum Gasteiger partial charge on any atom is 0.126 e. The third-order valence-corrected chi connectivity index (χ3v) is 5.36. The number of aryl methyl sites for hydroxylation is 3. The number of rotatable bonds is 4. The summed E-state index contributed by atoms with van der Waals surface area (Å²) in [6, 6.07) is 11.0. The minimum atomic E-state index is -0.261. The van der Waals surface area contributed by atoms with Crippen molar-refractivity contribution in [2.75, 3.05) is 13.7 Å². The molecule has 0 aliphatic heterocycles. The van der Waals surface area contributed by atoms with E-state index in [0.29, 0.717) is 0 Å². The summed E-state index contributed by atoms with van der Waals surface area (Å²) >= 11 is 0. The Kier molecular flexibility index (Phi) is 6.88. The first-order valence-electron chi connectivity index (χ1n) is 9.88. The van der Waals surface area contributed by atoms with Crippen molar-refractivity contribution in [1.29, 1.82) is 0 Å². The summed E-state index contributed by atoms with van der Waals surface area (Å²) in [5, 5.41) is 9.72. The van der Waals surface area contributed by atoms with Crippen molar-refractivity contribution in [2.45, 2.75) is 65.7 Å². The normalized spacial score (nSPS) is 13.5. The molecule has 0 spiro atoms. The highest BCUT2D eigenvalue weighted by Crippen LogP contribution is 2.38. The van der Waals surface area contributed by atoms with Crippen molar-refractivity contribution in [3.05, 3.63) is 52.6 Å². The first-order chi connectivity index (χ1) is 12.5. The van der Waals surface area contributed by atoms with E-state index in [1.165, 1.54) is 47.9 Å². The van der Waals surface area contributed by atoms with E-state index in [0.717, 1.165) is 16.9 Å². The zero-order chi connectivity index (χ0) is 19.3. The first-order valence-corrected chi connectivity index (χ1v) is 9.88. The van der Waals surface area contributed by atoms with Crippen LogP contribution >= 0.6 is 0 Å². The van der Waals surface area contributed by atoms with Crippen LogP contribution in [0.15, 0.2) is 30.3 Å². The second-order valence-electron chi connectivity index (χ2n) is 7.60. The maximum absolute atomic E-state index is 9.72. The number of aliphatic hydroxyl groups excluding tert-OH is 1.